The average molecular weight is 391 g/mol. The molecule has 1 saturated heterocycles. The van der Waals surface area contributed by atoms with Crippen molar-refractivity contribution < 1.29 is 8.42 Å². The molecule has 0 amide bonds. The van der Waals surface area contributed by atoms with Crippen molar-refractivity contribution in [1.82, 2.24) is 29.4 Å². The number of benzene rings is 1. The second kappa shape index (κ2) is 7.65. The summed E-state index contributed by atoms with van der Waals surface area (Å²) in [6, 6.07) is 5.63. The Kier molecular flexibility index (Phi) is 5.25. The van der Waals surface area contributed by atoms with Crippen molar-refractivity contribution in [2.24, 2.45) is 0 Å². The van der Waals surface area contributed by atoms with E-state index in [4.69, 9.17) is 0 Å². The molecule has 0 unspecified atom stereocenters. The molecule has 2 aliphatic rings. The predicted molar refractivity (Wildman–Crippen MR) is 101 cm³/mol. The van der Waals surface area contributed by atoms with Gasteiger partial charge in [0.2, 0.25) is 10.0 Å². The number of hydrogen-bond acceptors (Lipinski definition) is 6. The summed E-state index contributed by atoms with van der Waals surface area (Å²) in [5.74, 6) is 0.840. The zero-order chi connectivity index (χ0) is 18.9. The Morgan fingerprint density at radius 2 is 1.85 bits per heavy atom. The summed E-state index contributed by atoms with van der Waals surface area (Å²) >= 11 is 0. The first kappa shape index (κ1) is 18.5. The molecular formula is C18H26N6O2S. The largest absolute Gasteiger partial charge is 0.293 e. The number of piperazine rings is 1. The Hall–Kier alpha value is -1.84. The predicted octanol–water partition coefficient (Wildman–Crippen LogP) is 1.08. The topological polar surface area (TPSA) is 84.2 Å². The maximum Gasteiger partial charge on any atom is 0.243 e. The molecule has 0 bridgehead atoms. The molecule has 0 saturated carbocycles. The smallest absolute Gasteiger partial charge is 0.243 e. The number of rotatable bonds is 6. The molecule has 2 heterocycles. The molecule has 0 spiro atoms. The molecule has 1 fully saturated rings. The van der Waals surface area contributed by atoms with Gasteiger partial charge in [-0.1, -0.05) is 13.0 Å². The van der Waals surface area contributed by atoms with Gasteiger partial charge in [0, 0.05) is 32.7 Å². The molecule has 0 N–H and O–H groups in total. The van der Waals surface area contributed by atoms with E-state index >= 15 is 0 Å². The number of hydrogen-bond donors (Lipinski definition) is 0. The number of aromatic nitrogens is 4. The van der Waals surface area contributed by atoms with Crippen LogP contribution in [0.25, 0.3) is 0 Å². The fraction of sp³-hybridized carbons (Fsp3) is 0.611. The van der Waals surface area contributed by atoms with Gasteiger partial charge >= 0.3 is 0 Å². The van der Waals surface area contributed by atoms with Crippen LogP contribution in [0.2, 0.25) is 0 Å². The fourth-order valence-electron chi connectivity index (χ4n) is 3.91. The van der Waals surface area contributed by atoms with Crippen molar-refractivity contribution in [3.8, 4) is 0 Å². The summed E-state index contributed by atoms with van der Waals surface area (Å²) in [6.45, 7) is 5.90. The van der Waals surface area contributed by atoms with E-state index in [1.807, 2.05) is 16.8 Å². The van der Waals surface area contributed by atoms with E-state index < -0.39 is 10.0 Å². The lowest BCUT2D eigenvalue weighted by molar-refractivity contribution is 0.175. The van der Waals surface area contributed by atoms with Gasteiger partial charge in [-0.25, -0.2) is 13.1 Å². The Labute approximate surface area is 160 Å². The van der Waals surface area contributed by atoms with E-state index in [1.165, 1.54) is 11.1 Å². The maximum absolute atomic E-state index is 13.0. The minimum Gasteiger partial charge on any atom is -0.293 e. The molecule has 8 nitrogen and oxygen atoms in total. The van der Waals surface area contributed by atoms with Crippen LogP contribution in [0.15, 0.2) is 23.1 Å². The van der Waals surface area contributed by atoms with Gasteiger partial charge in [-0.2, -0.15) is 4.31 Å². The molecule has 27 heavy (non-hydrogen) atoms. The number of nitrogens with zero attached hydrogens (tertiary/aromatic N) is 6. The molecule has 0 atom stereocenters. The van der Waals surface area contributed by atoms with Crippen LogP contribution in [-0.2, 0) is 36.0 Å². The highest BCUT2D eigenvalue weighted by molar-refractivity contribution is 7.89. The van der Waals surface area contributed by atoms with Crippen molar-refractivity contribution >= 4 is 10.0 Å². The van der Waals surface area contributed by atoms with E-state index in [2.05, 4.69) is 27.3 Å². The quantitative estimate of drug-likeness (QED) is 0.734. The summed E-state index contributed by atoms with van der Waals surface area (Å²) in [6.07, 6.45) is 4.14. The van der Waals surface area contributed by atoms with Crippen LogP contribution in [0.5, 0.6) is 0 Å². The minimum absolute atomic E-state index is 0.434. The van der Waals surface area contributed by atoms with Crippen LogP contribution >= 0.6 is 0 Å². The summed E-state index contributed by atoms with van der Waals surface area (Å²) in [5.41, 5.74) is 2.49. The molecule has 146 valence electrons. The summed E-state index contributed by atoms with van der Waals surface area (Å²) in [7, 11) is -3.42. The SMILES string of the molecule is CCCn1nnnc1CN1CCN(S(=O)(=O)c2ccc3c(c2)CCC3)CC1. The molecule has 4 rings (SSSR count). The van der Waals surface area contributed by atoms with E-state index in [0.29, 0.717) is 37.6 Å². The number of sulfonamides is 1. The molecule has 1 aromatic heterocycles. The highest BCUT2D eigenvalue weighted by Gasteiger charge is 2.29. The summed E-state index contributed by atoms with van der Waals surface area (Å²) in [5, 5.41) is 11.9. The van der Waals surface area contributed by atoms with E-state index in [0.717, 1.165) is 38.1 Å². The van der Waals surface area contributed by atoms with Gasteiger partial charge in [0.05, 0.1) is 11.4 Å². The van der Waals surface area contributed by atoms with Crippen LogP contribution in [0.3, 0.4) is 0 Å². The Morgan fingerprint density at radius 1 is 1.07 bits per heavy atom. The zero-order valence-electron chi connectivity index (χ0n) is 15.7. The van der Waals surface area contributed by atoms with Gasteiger partial charge in [0.25, 0.3) is 0 Å². The lowest BCUT2D eigenvalue weighted by Gasteiger charge is -2.33. The van der Waals surface area contributed by atoms with Gasteiger partial charge < -0.3 is 0 Å². The standard InChI is InChI=1S/C18H26N6O2S/c1-2-8-24-18(19-20-21-24)14-22-9-11-23(12-10-22)27(25,26)17-7-6-15-4-3-5-16(15)13-17/h6-7,13H,2-5,8-12,14H2,1H3. The molecule has 0 radical (unpaired) electrons. The van der Waals surface area contributed by atoms with Crippen LogP contribution in [0, 0.1) is 0 Å². The van der Waals surface area contributed by atoms with E-state index in [1.54, 1.807) is 10.4 Å². The number of tetrazole rings is 1. The first-order chi connectivity index (χ1) is 13.1. The second-order valence-electron chi connectivity index (χ2n) is 7.28. The Morgan fingerprint density at radius 3 is 2.63 bits per heavy atom. The van der Waals surface area contributed by atoms with Gasteiger partial charge in [-0.05, 0) is 59.4 Å². The molecule has 2 aromatic rings. The third-order valence-electron chi connectivity index (χ3n) is 5.45. The minimum atomic E-state index is -3.42. The first-order valence-electron chi connectivity index (χ1n) is 9.67. The third-order valence-corrected chi connectivity index (χ3v) is 7.34. The van der Waals surface area contributed by atoms with E-state index in [9.17, 15) is 8.42 Å². The van der Waals surface area contributed by atoms with Crippen molar-refractivity contribution in [3.05, 3.63) is 35.2 Å². The molecule has 9 heteroatoms. The van der Waals surface area contributed by atoms with Crippen LogP contribution < -0.4 is 0 Å². The third kappa shape index (κ3) is 3.76. The average Bonchev–Trinajstić information content (AvgIpc) is 3.31. The number of aryl methyl sites for hydroxylation is 3. The maximum atomic E-state index is 13.0. The molecular weight excluding hydrogens is 364 g/mol. The van der Waals surface area contributed by atoms with Gasteiger partial charge in [0.1, 0.15) is 0 Å². The Bertz CT molecular complexity index is 902. The second-order valence-corrected chi connectivity index (χ2v) is 9.22. The van der Waals surface area contributed by atoms with Crippen LogP contribution in [0.1, 0.15) is 36.7 Å². The van der Waals surface area contributed by atoms with Gasteiger partial charge in [-0.15, -0.1) is 5.10 Å². The highest BCUT2D eigenvalue weighted by atomic mass is 32.2. The lowest BCUT2D eigenvalue weighted by atomic mass is 10.1. The monoisotopic (exact) mass is 390 g/mol. The molecule has 1 aliphatic carbocycles. The summed E-state index contributed by atoms with van der Waals surface area (Å²) in [4.78, 5) is 2.65. The number of fused-ring (bicyclic) bond motifs is 1. The summed E-state index contributed by atoms with van der Waals surface area (Å²) < 4.78 is 29.5. The molecule has 1 aromatic carbocycles. The highest BCUT2D eigenvalue weighted by Crippen LogP contribution is 2.26. The van der Waals surface area contributed by atoms with Crippen molar-refractivity contribution in [3.63, 3.8) is 0 Å². The fourth-order valence-corrected chi connectivity index (χ4v) is 5.38. The van der Waals surface area contributed by atoms with E-state index in [-0.39, 0.29) is 0 Å². The Balaban J connectivity index is 1.40. The van der Waals surface area contributed by atoms with Crippen molar-refractivity contribution in [2.45, 2.75) is 50.6 Å². The lowest BCUT2D eigenvalue weighted by Crippen LogP contribution is -2.48. The normalized spacial score (nSPS) is 18.7. The van der Waals surface area contributed by atoms with Gasteiger partial charge in [0.15, 0.2) is 5.82 Å². The van der Waals surface area contributed by atoms with Crippen molar-refractivity contribution in [1.29, 1.82) is 0 Å². The van der Waals surface area contributed by atoms with Gasteiger partial charge in [-0.3, -0.25) is 4.90 Å². The van der Waals surface area contributed by atoms with Crippen LogP contribution in [-0.4, -0.2) is 64.0 Å². The molecule has 1 aliphatic heterocycles. The first-order valence-corrected chi connectivity index (χ1v) is 11.1. The zero-order valence-corrected chi connectivity index (χ0v) is 16.5. The van der Waals surface area contributed by atoms with Crippen LogP contribution in [0.4, 0.5) is 0 Å². The van der Waals surface area contributed by atoms with Crippen molar-refractivity contribution in [2.75, 3.05) is 26.2 Å².